The van der Waals surface area contributed by atoms with Crippen molar-refractivity contribution in [3.05, 3.63) is 27.4 Å². The van der Waals surface area contributed by atoms with Crippen LogP contribution in [0.2, 0.25) is 5.15 Å². The van der Waals surface area contributed by atoms with Crippen molar-refractivity contribution in [3.8, 4) is 5.88 Å². The van der Waals surface area contributed by atoms with Crippen molar-refractivity contribution in [3.63, 3.8) is 0 Å². The minimum absolute atomic E-state index is 0.0681. The Morgan fingerprint density at radius 1 is 1.42 bits per heavy atom. The molecule has 1 aromatic heterocycles. The molecule has 104 valence electrons. The highest BCUT2D eigenvalue weighted by atomic mass is 35.5. The summed E-state index contributed by atoms with van der Waals surface area (Å²) in [6.45, 7) is 4.48. The molecule has 0 amide bonds. The summed E-state index contributed by atoms with van der Waals surface area (Å²) < 4.78 is 5.72. The van der Waals surface area contributed by atoms with E-state index in [-0.39, 0.29) is 22.8 Å². The lowest BCUT2D eigenvalue weighted by atomic mass is 9.76. The summed E-state index contributed by atoms with van der Waals surface area (Å²) in [6.07, 6.45) is 4.11. The van der Waals surface area contributed by atoms with Gasteiger partial charge in [-0.3, -0.25) is 10.1 Å². The van der Waals surface area contributed by atoms with Gasteiger partial charge in [0.1, 0.15) is 11.3 Å². The number of pyridine rings is 1. The SMILES string of the molecule is CC1(C)CCC(Oc2cc([N+](=O)[O-])cc(Cl)n2)CC1. The molecule has 0 spiro atoms. The van der Waals surface area contributed by atoms with Crippen LogP contribution in [-0.4, -0.2) is 16.0 Å². The van der Waals surface area contributed by atoms with Crippen LogP contribution in [0.1, 0.15) is 39.5 Å². The maximum Gasteiger partial charge on any atom is 0.277 e. The molecule has 1 saturated carbocycles. The van der Waals surface area contributed by atoms with Crippen molar-refractivity contribution < 1.29 is 9.66 Å². The van der Waals surface area contributed by atoms with Crippen molar-refractivity contribution in [2.24, 2.45) is 5.41 Å². The third kappa shape index (κ3) is 3.80. The van der Waals surface area contributed by atoms with Crippen molar-refractivity contribution in [1.82, 2.24) is 4.98 Å². The van der Waals surface area contributed by atoms with Crippen LogP contribution < -0.4 is 4.74 Å². The van der Waals surface area contributed by atoms with Crippen LogP contribution in [0.4, 0.5) is 5.69 Å². The summed E-state index contributed by atoms with van der Waals surface area (Å²) in [4.78, 5) is 14.2. The molecule has 2 rings (SSSR count). The van der Waals surface area contributed by atoms with Gasteiger partial charge in [-0.25, -0.2) is 4.98 Å². The average Bonchev–Trinajstić information content (AvgIpc) is 2.31. The number of nitrogens with zero attached hydrogens (tertiary/aromatic N) is 2. The van der Waals surface area contributed by atoms with Crippen LogP contribution in [0.3, 0.4) is 0 Å². The molecule has 0 atom stereocenters. The second kappa shape index (κ2) is 5.33. The first-order valence-electron chi connectivity index (χ1n) is 6.34. The number of ether oxygens (including phenoxy) is 1. The van der Waals surface area contributed by atoms with Gasteiger partial charge in [0.15, 0.2) is 0 Å². The van der Waals surface area contributed by atoms with Gasteiger partial charge in [-0.1, -0.05) is 25.4 Å². The maximum absolute atomic E-state index is 10.7. The molecule has 0 aliphatic heterocycles. The van der Waals surface area contributed by atoms with Crippen LogP contribution in [0.5, 0.6) is 5.88 Å². The number of hydrogen-bond acceptors (Lipinski definition) is 4. The molecule has 0 N–H and O–H groups in total. The lowest BCUT2D eigenvalue weighted by Gasteiger charge is -2.34. The smallest absolute Gasteiger partial charge is 0.277 e. The van der Waals surface area contributed by atoms with Crippen LogP contribution in [-0.2, 0) is 0 Å². The number of halogens is 1. The van der Waals surface area contributed by atoms with Crippen molar-refractivity contribution in [2.75, 3.05) is 0 Å². The third-order valence-electron chi connectivity index (χ3n) is 3.54. The van der Waals surface area contributed by atoms with E-state index in [1.54, 1.807) is 0 Å². The molecule has 0 unspecified atom stereocenters. The highest BCUT2D eigenvalue weighted by Gasteiger charge is 2.28. The Bertz CT molecular complexity index is 481. The van der Waals surface area contributed by atoms with Crippen LogP contribution in [0, 0.1) is 15.5 Å². The Balaban J connectivity index is 2.05. The van der Waals surface area contributed by atoms with Gasteiger partial charge < -0.3 is 4.74 Å². The highest BCUT2D eigenvalue weighted by molar-refractivity contribution is 6.29. The zero-order chi connectivity index (χ0) is 14.0. The van der Waals surface area contributed by atoms with Crippen LogP contribution >= 0.6 is 11.6 Å². The Morgan fingerprint density at radius 3 is 2.63 bits per heavy atom. The molecule has 1 aliphatic rings. The number of aromatic nitrogens is 1. The normalized spacial score (nSPS) is 19.1. The second-order valence-corrected chi connectivity index (χ2v) is 6.11. The predicted molar refractivity (Wildman–Crippen MR) is 72.6 cm³/mol. The van der Waals surface area contributed by atoms with Gasteiger partial charge in [-0.15, -0.1) is 0 Å². The summed E-state index contributed by atoms with van der Waals surface area (Å²) in [5.74, 6) is 0.240. The van der Waals surface area contributed by atoms with Crippen molar-refractivity contribution >= 4 is 17.3 Å². The summed E-state index contributed by atoms with van der Waals surface area (Å²) >= 11 is 5.76. The van der Waals surface area contributed by atoms with Crippen LogP contribution in [0.25, 0.3) is 0 Å². The lowest BCUT2D eigenvalue weighted by Crippen LogP contribution is -2.28. The van der Waals surface area contributed by atoms with E-state index in [2.05, 4.69) is 18.8 Å². The van der Waals surface area contributed by atoms with Crippen molar-refractivity contribution in [1.29, 1.82) is 0 Å². The molecular formula is C13H17ClN2O3. The first kappa shape index (κ1) is 14.1. The zero-order valence-corrected chi connectivity index (χ0v) is 11.8. The summed E-state index contributed by atoms with van der Waals surface area (Å²) in [5, 5.41) is 10.8. The Labute approximate surface area is 117 Å². The average molecular weight is 285 g/mol. The van der Waals surface area contributed by atoms with E-state index in [0.29, 0.717) is 5.41 Å². The van der Waals surface area contributed by atoms with Gasteiger partial charge in [0, 0.05) is 0 Å². The largest absolute Gasteiger partial charge is 0.474 e. The zero-order valence-electron chi connectivity index (χ0n) is 11.1. The van der Waals surface area contributed by atoms with Gasteiger partial charge in [0.05, 0.1) is 17.1 Å². The van der Waals surface area contributed by atoms with Gasteiger partial charge in [-0.2, -0.15) is 0 Å². The molecule has 0 saturated heterocycles. The number of rotatable bonds is 3. The van der Waals surface area contributed by atoms with Crippen molar-refractivity contribution in [2.45, 2.75) is 45.6 Å². The molecule has 19 heavy (non-hydrogen) atoms. The van der Waals surface area contributed by atoms with Gasteiger partial charge in [-0.05, 0) is 31.1 Å². The fraction of sp³-hybridized carbons (Fsp3) is 0.615. The maximum atomic E-state index is 10.7. The summed E-state index contributed by atoms with van der Waals surface area (Å²) in [6, 6.07) is 2.55. The van der Waals surface area contributed by atoms with Gasteiger partial charge in [0.25, 0.3) is 5.69 Å². The summed E-state index contributed by atoms with van der Waals surface area (Å²) in [7, 11) is 0. The second-order valence-electron chi connectivity index (χ2n) is 5.72. The minimum atomic E-state index is -0.496. The molecule has 1 aromatic rings. The van der Waals surface area contributed by atoms with Gasteiger partial charge >= 0.3 is 0 Å². The van der Waals surface area contributed by atoms with E-state index < -0.39 is 4.92 Å². The monoisotopic (exact) mass is 284 g/mol. The molecule has 0 radical (unpaired) electrons. The quantitative estimate of drug-likeness (QED) is 0.478. The fourth-order valence-corrected chi connectivity index (χ4v) is 2.48. The molecule has 0 bridgehead atoms. The Morgan fingerprint density at radius 2 is 2.05 bits per heavy atom. The molecule has 1 heterocycles. The first-order valence-corrected chi connectivity index (χ1v) is 6.72. The standard InChI is InChI=1S/C13H17ClN2O3/c1-13(2)5-3-10(4-6-13)19-12-8-9(16(17)18)7-11(14)15-12/h7-8,10H,3-6H2,1-2H3. The predicted octanol–water partition coefficient (Wildman–Crippen LogP) is 3.99. The number of hydrogen-bond donors (Lipinski definition) is 0. The summed E-state index contributed by atoms with van der Waals surface area (Å²) in [5.41, 5.74) is 0.263. The Hall–Kier alpha value is -1.36. The molecule has 0 aromatic carbocycles. The topological polar surface area (TPSA) is 65.3 Å². The third-order valence-corrected chi connectivity index (χ3v) is 3.73. The molecule has 5 nitrogen and oxygen atoms in total. The minimum Gasteiger partial charge on any atom is -0.474 e. The number of nitro groups is 1. The van der Waals surface area contributed by atoms with E-state index in [0.717, 1.165) is 25.7 Å². The first-order chi connectivity index (χ1) is 8.85. The molecular weight excluding hydrogens is 268 g/mol. The Kier molecular flexibility index (Phi) is 3.94. The van der Waals surface area contributed by atoms with E-state index in [1.807, 2.05) is 0 Å². The molecule has 1 aliphatic carbocycles. The molecule has 6 heteroatoms. The van der Waals surface area contributed by atoms with Gasteiger partial charge in [0.2, 0.25) is 5.88 Å². The van der Waals surface area contributed by atoms with Crippen LogP contribution in [0.15, 0.2) is 12.1 Å². The van der Waals surface area contributed by atoms with E-state index >= 15 is 0 Å². The van der Waals surface area contributed by atoms with E-state index in [1.165, 1.54) is 12.1 Å². The van der Waals surface area contributed by atoms with E-state index in [4.69, 9.17) is 16.3 Å². The highest BCUT2D eigenvalue weighted by Crippen LogP contribution is 2.36. The molecule has 1 fully saturated rings. The lowest BCUT2D eigenvalue weighted by molar-refractivity contribution is -0.385. The van der Waals surface area contributed by atoms with E-state index in [9.17, 15) is 10.1 Å². The fourth-order valence-electron chi connectivity index (χ4n) is 2.29.